The first-order valence-corrected chi connectivity index (χ1v) is 6.32. The molecule has 0 aromatic carbocycles. The van der Waals surface area contributed by atoms with E-state index in [1.54, 1.807) is 19.5 Å². The van der Waals surface area contributed by atoms with Crippen molar-refractivity contribution in [2.75, 3.05) is 7.11 Å². The molecule has 0 aliphatic heterocycles. The van der Waals surface area contributed by atoms with Gasteiger partial charge < -0.3 is 10.5 Å². The summed E-state index contributed by atoms with van der Waals surface area (Å²) in [5.41, 5.74) is 7.92. The van der Waals surface area contributed by atoms with Crippen molar-refractivity contribution >= 4 is 0 Å². The average molecular weight is 261 g/mol. The summed E-state index contributed by atoms with van der Waals surface area (Å²) < 4.78 is 7.21. The molecule has 2 heterocycles. The van der Waals surface area contributed by atoms with Gasteiger partial charge >= 0.3 is 0 Å². The molecule has 0 aliphatic rings. The first kappa shape index (κ1) is 13.5. The number of nitrogens with two attached hydrogens (primary N) is 1. The predicted octanol–water partition coefficient (Wildman–Crippen LogP) is 1.45. The zero-order chi connectivity index (χ0) is 13.8. The van der Waals surface area contributed by atoms with Gasteiger partial charge in [0.2, 0.25) is 0 Å². The Hall–Kier alpha value is -1.95. The molecular formula is C13H19N5O. The zero-order valence-corrected chi connectivity index (χ0v) is 11.5. The van der Waals surface area contributed by atoms with Crippen LogP contribution in [0.3, 0.4) is 0 Å². The predicted molar refractivity (Wildman–Crippen MR) is 71.9 cm³/mol. The summed E-state index contributed by atoms with van der Waals surface area (Å²) in [7, 11) is 1.62. The fraction of sp³-hybridized carbons (Fsp3) is 0.462. The zero-order valence-electron chi connectivity index (χ0n) is 11.5. The van der Waals surface area contributed by atoms with E-state index in [0.29, 0.717) is 11.6 Å². The normalized spacial score (nSPS) is 12.4. The molecule has 0 fully saturated rings. The Bertz CT molecular complexity index is 552. The van der Waals surface area contributed by atoms with E-state index in [0.717, 1.165) is 24.4 Å². The molecule has 2 N–H and O–H groups in total. The van der Waals surface area contributed by atoms with Crippen LogP contribution in [0.15, 0.2) is 18.5 Å². The molecule has 19 heavy (non-hydrogen) atoms. The number of hydrogen-bond donors (Lipinski definition) is 1. The summed E-state index contributed by atoms with van der Waals surface area (Å²) in [4.78, 5) is 8.46. The number of nitrogens with zero attached hydrogens (tertiary/aromatic N) is 4. The standard InChI is InChI=1S/C13H19N5O/c1-4-7-18-13(11(19-3)8-16-18)12(14)10-5-6-15-9(2)17-10/h5-6,8,12H,4,7,14H2,1-3H3. The van der Waals surface area contributed by atoms with Gasteiger partial charge in [-0.3, -0.25) is 4.68 Å². The van der Waals surface area contributed by atoms with Crippen LogP contribution in [0.4, 0.5) is 0 Å². The van der Waals surface area contributed by atoms with Crippen molar-refractivity contribution in [3.63, 3.8) is 0 Å². The Balaban J connectivity index is 2.41. The molecule has 2 rings (SSSR count). The van der Waals surface area contributed by atoms with Crippen molar-refractivity contribution in [2.45, 2.75) is 32.9 Å². The lowest BCUT2D eigenvalue weighted by Crippen LogP contribution is -2.20. The van der Waals surface area contributed by atoms with Crippen LogP contribution in [0.2, 0.25) is 0 Å². The molecular weight excluding hydrogens is 242 g/mol. The number of aromatic nitrogens is 4. The lowest BCUT2D eigenvalue weighted by molar-refractivity contribution is 0.403. The summed E-state index contributed by atoms with van der Waals surface area (Å²) in [6, 6.07) is 1.45. The van der Waals surface area contributed by atoms with Crippen LogP contribution in [-0.4, -0.2) is 26.9 Å². The maximum absolute atomic E-state index is 6.31. The third-order valence-corrected chi connectivity index (χ3v) is 2.91. The van der Waals surface area contributed by atoms with E-state index in [4.69, 9.17) is 10.5 Å². The van der Waals surface area contributed by atoms with Gasteiger partial charge in [-0.05, 0) is 19.4 Å². The quantitative estimate of drug-likeness (QED) is 0.881. The molecule has 0 saturated heterocycles. The van der Waals surface area contributed by atoms with Crippen LogP contribution < -0.4 is 10.5 Å². The van der Waals surface area contributed by atoms with E-state index in [1.165, 1.54) is 0 Å². The SMILES string of the molecule is CCCn1ncc(OC)c1C(N)c1ccnc(C)n1. The fourth-order valence-electron chi connectivity index (χ4n) is 2.03. The molecule has 1 atom stereocenters. The van der Waals surface area contributed by atoms with Crippen molar-refractivity contribution in [2.24, 2.45) is 5.73 Å². The molecule has 0 bridgehead atoms. The minimum Gasteiger partial charge on any atom is -0.493 e. The highest BCUT2D eigenvalue weighted by atomic mass is 16.5. The van der Waals surface area contributed by atoms with Crippen molar-refractivity contribution in [3.05, 3.63) is 35.7 Å². The monoisotopic (exact) mass is 261 g/mol. The highest BCUT2D eigenvalue weighted by molar-refractivity contribution is 5.33. The van der Waals surface area contributed by atoms with Crippen LogP contribution in [0.1, 0.15) is 36.6 Å². The van der Waals surface area contributed by atoms with Crippen LogP contribution in [0, 0.1) is 6.92 Å². The molecule has 2 aromatic heterocycles. The van der Waals surface area contributed by atoms with Gasteiger partial charge in [-0.25, -0.2) is 9.97 Å². The second-order valence-corrected chi connectivity index (χ2v) is 4.33. The summed E-state index contributed by atoms with van der Waals surface area (Å²) in [5.74, 6) is 1.39. The van der Waals surface area contributed by atoms with Crippen molar-refractivity contribution in [3.8, 4) is 5.75 Å². The minimum atomic E-state index is -0.370. The van der Waals surface area contributed by atoms with Gasteiger partial charge in [0.25, 0.3) is 0 Å². The second-order valence-electron chi connectivity index (χ2n) is 4.33. The second kappa shape index (κ2) is 5.79. The first-order chi connectivity index (χ1) is 9.17. The summed E-state index contributed by atoms with van der Waals surface area (Å²) in [6.07, 6.45) is 4.39. The van der Waals surface area contributed by atoms with Gasteiger partial charge in [-0.2, -0.15) is 5.10 Å². The number of hydrogen-bond acceptors (Lipinski definition) is 5. The molecule has 6 heteroatoms. The maximum atomic E-state index is 6.31. The largest absolute Gasteiger partial charge is 0.493 e. The minimum absolute atomic E-state index is 0.370. The third kappa shape index (κ3) is 2.73. The maximum Gasteiger partial charge on any atom is 0.161 e. The van der Waals surface area contributed by atoms with E-state index >= 15 is 0 Å². The van der Waals surface area contributed by atoms with Crippen molar-refractivity contribution in [1.29, 1.82) is 0 Å². The van der Waals surface area contributed by atoms with Gasteiger partial charge in [0.1, 0.15) is 11.5 Å². The Morgan fingerprint density at radius 2 is 2.26 bits per heavy atom. The molecule has 2 aromatic rings. The van der Waals surface area contributed by atoms with E-state index in [-0.39, 0.29) is 6.04 Å². The molecule has 0 radical (unpaired) electrons. The van der Waals surface area contributed by atoms with Crippen molar-refractivity contribution < 1.29 is 4.74 Å². The molecule has 0 amide bonds. The fourth-order valence-corrected chi connectivity index (χ4v) is 2.03. The average Bonchev–Trinajstić information content (AvgIpc) is 2.81. The Labute approximate surface area is 112 Å². The molecule has 102 valence electrons. The van der Waals surface area contributed by atoms with Gasteiger partial charge in [0, 0.05) is 12.7 Å². The summed E-state index contributed by atoms with van der Waals surface area (Å²) in [6.45, 7) is 4.74. The number of rotatable bonds is 5. The first-order valence-electron chi connectivity index (χ1n) is 6.32. The lowest BCUT2D eigenvalue weighted by Gasteiger charge is -2.15. The topological polar surface area (TPSA) is 78.9 Å². The lowest BCUT2D eigenvalue weighted by atomic mass is 10.1. The highest BCUT2D eigenvalue weighted by Crippen LogP contribution is 2.27. The summed E-state index contributed by atoms with van der Waals surface area (Å²) >= 11 is 0. The molecule has 0 aliphatic carbocycles. The van der Waals surface area contributed by atoms with Crippen LogP contribution in [-0.2, 0) is 6.54 Å². The van der Waals surface area contributed by atoms with Gasteiger partial charge in [0.15, 0.2) is 5.75 Å². The number of methoxy groups -OCH3 is 1. The van der Waals surface area contributed by atoms with Crippen LogP contribution in [0.25, 0.3) is 0 Å². The van der Waals surface area contributed by atoms with Gasteiger partial charge in [-0.1, -0.05) is 6.92 Å². The Morgan fingerprint density at radius 1 is 1.47 bits per heavy atom. The Morgan fingerprint density at radius 3 is 2.89 bits per heavy atom. The van der Waals surface area contributed by atoms with E-state index in [2.05, 4.69) is 22.0 Å². The van der Waals surface area contributed by atoms with E-state index in [1.807, 2.05) is 17.7 Å². The highest BCUT2D eigenvalue weighted by Gasteiger charge is 2.21. The number of aryl methyl sites for hydroxylation is 2. The van der Waals surface area contributed by atoms with Crippen molar-refractivity contribution in [1.82, 2.24) is 19.7 Å². The molecule has 0 spiro atoms. The smallest absolute Gasteiger partial charge is 0.161 e. The third-order valence-electron chi connectivity index (χ3n) is 2.91. The van der Waals surface area contributed by atoms with Crippen LogP contribution >= 0.6 is 0 Å². The molecule has 0 saturated carbocycles. The molecule has 6 nitrogen and oxygen atoms in total. The van der Waals surface area contributed by atoms with Crippen LogP contribution in [0.5, 0.6) is 5.75 Å². The van der Waals surface area contributed by atoms with E-state index in [9.17, 15) is 0 Å². The Kier molecular flexibility index (Phi) is 4.11. The van der Waals surface area contributed by atoms with Gasteiger partial charge in [-0.15, -0.1) is 0 Å². The number of ether oxygens (including phenoxy) is 1. The summed E-state index contributed by atoms with van der Waals surface area (Å²) in [5, 5.41) is 4.31. The van der Waals surface area contributed by atoms with E-state index < -0.39 is 0 Å². The molecule has 1 unspecified atom stereocenters. The van der Waals surface area contributed by atoms with Gasteiger partial charge in [0.05, 0.1) is 25.0 Å².